The Kier molecular flexibility index (Phi) is 7.60. The average Bonchev–Trinajstić information content (AvgIpc) is 3.43. The number of benzene rings is 1. The zero-order valence-corrected chi connectivity index (χ0v) is 22.9. The van der Waals surface area contributed by atoms with Gasteiger partial charge in [0.05, 0.1) is 29.8 Å². The number of carbonyl (C=O) groups is 1. The van der Waals surface area contributed by atoms with Gasteiger partial charge in [0.1, 0.15) is 17.6 Å². The summed E-state index contributed by atoms with van der Waals surface area (Å²) in [6.07, 6.45) is 7.60. The minimum atomic E-state index is -0.990. The Morgan fingerprint density at radius 3 is 2.80 bits per heavy atom. The molecule has 1 aromatic carbocycles. The second kappa shape index (κ2) is 11.0. The maximum absolute atomic E-state index is 14.1. The van der Waals surface area contributed by atoms with Crippen molar-refractivity contribution < 1.29 is 23.2 Å². The summed E-state index contributed by atoms with van der Waals surface area (Å²) >= 11 is 0. The minimum Gasteiger partial charge on any atom is -0.396 e. The maximum Gasteiger partial charge on any atom is 0.230 e. The van der Waals surface area contributed by atoms with Gasteiger partial charge in [0.15, 0.2) is 23.3 Å². The highest BCUT2D eigenvalue weighted by molar-refractivity contribution is 6.10. The van der Waals surface area contributed by atoms with E-state index >= 15 is 0 Å². The molecule has 5 rings (SSSR count). The quantitative estimate of drug-likeness (QED) is 0.309. The van der Waals surface area contributed by atoms with E-state index in [9.17, 15) is 18.7 Å². The van der Waals surface area contributed by atoms with Gasteiger partial charge in [-0.15, -0.1) is 0 Å². The number of nitrogens with zero attached hydrogens (tertiary/aromatic N) is 4. The van der Waals surface area contributed by atoms with E-state index in [-0.39, 0.29) is 52.7 Å². The lowest BCUT2D eigenvalue weighted by atomic mass is 9.57. The largest absolute Gasteiger partial charge is 0.396 e. The van der Waals surface area contributed by atoms with Crippen LogP contribution < -0.4 is 16.8 Å². The number of rotatable bonds is 7. The number of nitrogens with one attached hydrogen (secondary N) is 1. The lowest BCUT2D eigenvalue weighted by Gasteiger charge is -2.51. The first-order valence-electron chi connectivity index (χ1n) is 13.5. The zero-order chi connectivity index (χ0) is 29.4. The number of carbonyl (C=O) groups excluding carboxylic acids is 1. The van der Waals surface area contributed by atoms with Crippen molar-refractivity contribution in [3.8, 4) is 0 Å². The highest BCUT2D eigenvalue weighted by atomic mass is 19.2. The van der Waals surface area contributed by atoms with Crippen LogP contribution in [0.5, 0.6) is 0 Å². The summed E-state index contributed by atoms with van der Waals surface area (Å²) in [4.78, 5) is 26.2. The summed E-state index contributed by atoms with van der Waals surface area (Å²) in [6, 6.07) is 5.38. The number of aliphatic imine (C=N–C) groups is 1. The van der Waals surface area contributed by atoms with Crippen LogP contribution in [0.2, 0.25) is 0 Å². The van der Waals surface area contributed by atoms with Crippen LogP contribution in [0.1, 0.15) is 63.0 Å². The van der Waals surface area contributed by atoms with E-state index in [4.69, 9.17) is 16.0 Å². The average molecular weight is 566 g/mol. The maximum atomic E-state index is 14.1. The van der Waals surface area contributed by atoms with E-state index in [2.05, 4.69) is 32.4 Å². The molecule has 2 bridgehead atoms. The van der Waals surface area contributed by atoms with Gasteiger partial charge in [-0.25, -0.2) is 18.7 Å². The van der Waals surface area contributed by atoms with Gasteiger partial charge in [0.25, 0.3) is 0 Å². The molecule has 4 unspecified atom stereocenters. The number of allylic oxidation sites excluding steroid dienone is 1. The molecule has 0 saturated heterocycles. The molecule has 2 aliphatic rings. The van der Waals surface area contributed by atoms with Crippen molar-refractivity contribution in [3.63, 3.8) is 0 Å². The Labute approximate surface area is 235 Å². The van der Waals surface area contributed by atoms with E-state index in [1.807, 2.05) is 6.92 Å². The van der Waals surface area contributed by atoms with Crippen molar-refractivity contribution in [2.45, 2.75) is 58.1 Å². The number of fused-ring (bicyclic) bond motifs is 2. The Morgan fingerprint density at radius 1 is 1.29 bits per heavy atom. The van der Waals surface area contributed by atoms with Crippen LogP contribution in [0.3, 0.4) is 0 Å². The fourth-order valence-electron chi connectivity index (χ4n) is 6.42. The van der Waals surface area contributed by atoms with Gasteiger partial charge in [-0.1, -0.05) is 31.1 Å². The van der Waals surface area contributed by atoms with E-state index in [1.165, 1.54) is 36.7 Å². The van der Waals surface area contributed by atoms with Crippen molar-refractivity contribution >= 4 is 28.8 Å². The van der Waals surface area contributed by atoms with Crippen molar-refractivity contribution in [3.05, 3.63) is 71.5 Å². The Morgan fingerprint density at radius 2 is 2.10 bits per heavy atom. The van der Waals surface area contributed by atoms with Gasteiger partial charge in [0.2, 0.25) is 5.91 Å². The summed E-state index contributed by atoms with van der Waals surface area (Å²) in [7, 11) is 0. The molecule has 4 atom stereocenters. The van der Waals surface area contributed by atoms with Gasteiger partial charge in [-0.3, -0.25) is 9.79 Å². The number of nitrogen functional groups attached to an aromatic ring is 1. The topological polar surface area (TPSA) is 166 Å². The molecule has 0 aliphatic heterocycles. The predicted molar refractivity (Wildman–Crippen MR) is 149 cm³/mol. The van der Waals surface area contributed by atoms with Crippen molar-refractivity contribution in [2.75, 3.05) is 11.1 Å². The molecule has 0 spiro atoms. The Hall–Kier alpha value is -4.19. The number of anilines is 2. The fourth-order valence-corrected chi connectivity index (χ4v) is 6.42. The zero-order valence-electron chi connectivity index (χ0n) is 22.9. The molecule has 2 saturated carbocycles. The van der Waals surface area contributed by atoms with Crippen molar-refractivity contribution in [2.24, 2.45) is 28.0 Å². The third kappa shape index (κ3) is 6.12. The number of hydrogen-bond donors (Lipinski definition) is 4. The molecule has 12 heteroatoms. The van der Waals surface area contributed by atoms with Crippen LogP contribution in [-0.2, 0) is 11.3 Å². The van der Waals surface area contributed by atoms with Gasteiger partial charge >= 0.3 is 0 Å². The molecular formula is C29H33F2N7O3. The lowest BCUT2D eigenvalue weighted by Crippen LogP contribution is -2.52. The molecule has 3 aromatic rings. The fraction of sp³-hybridized carbons (Fsp3) is 0.414. The van der Waals surface area contributed by atoms with Crippen LogP contribution in [0.4, 0.5) is 20.3 Å². The first-order valence-corrected chi connectivity index (χ1v) is 13.5. The standard InChI is InChI=1S/C29H33F2N7O3/c1-16-8-17-11-28(2,15-29(40,10-16)12-17)27(39)36-23-14-35-26(37-25(23)33)20(32)9-22(21-6-7-41-38-21)34-13-18-4-3-5-19(30)24(18)31/h3-7,9,14,16-17,40H,8,10-13,15,32H2,1-2H3,(H,36,39)(H2,33,35,37)/b20-9-,34-22?. The molecule has 2 aliphatic carbocycles. The monoisotopic (exact) mass is 565 g/mol. The Bertz CT molecular complexity index is 1510. The smallest absolute Gasteiger partial charge is 0.230 e. The molecule has 0 radical (unpaired) electrons. The molecule has 2 heterocycles. The van der Waals surface area contributed by atoms with Gasteiger partial charge in [0, 0.05) is 17.0 Å². The molecule has 1 amide bonds. The second-order valence-electron chi connectivity index (χ2n) is 11.6. The van der Waals surface area contributed by atoms with E-state index < -0.39 is 22.7 Å². The van der Waals surface area contributed by atoms with Crippen LogP contribution in [0.25, 0.3) is 5.70 Å². The predicted octanol–water partition coefficient (Wildman–Crippen LogP) is 4.22. The highest BCUT2D eigenvalue weighted by Crippen LogP contribution is 2.52. The summed E-state index contributed by atoms with van der Waals surface area (Å²) in [5.74, 6) is -1.42. The van der Waals surface area contributed by atoms with Crippen molar-refractivity contribution in [1.29, 1.82) is 0 Å². The van der Waals surface area contributed by atoms with Gasteiger partial charge in [-0.05, 0) is 56.1 Å². The molecule has 41 heavy (non-hydrogen) atoms. The number of aliphatic hydroxyl groups is 1. The van der Waals surface area contributed by atoms with E-state index in [0.29, 0.717) is 30.9 Å². The van der Waals surface area contributed by atoms with Crippen LogP contribution >= 0.6 is 0 Å². The van der Waals surface area contributed by atoms with Gasteiger partial charge < -0.3 is 26.4 Å². The number of amides is 1. The highest BCUT2D eigenvalue weighted by Gasteiger charge is 2.51. The molecule has 2 aromatic heterocycles. The molecule has 2 fully saturated rings. The summed E-state index contributed by atoms with van der Waals surface area (Å²) < 4.78 is 32.7. The van der Waals surface area contributed by atoms with Crippen LogP contribution in [0.15, 0.2) is 52.3 Å². The van der Waals surface area contributed by atoms with E-state index in [1.54, 1.807) is 0 Å². The molecular weight excluding hydrogens is 532 g/mol. The molecule has 10 nitrogen and oxygen atoms in total. The second-order valence-corrected chi connectivity index (χ2v) is 11.6. The van der Waals surface area contributed by atoms with E-state index in [0.717, 1.165) is 18.9 Å². The SMILES string of the molecule is CC1CC2CC(O)(C1)CC(C)(C(=O)Nc1cnc(/C(N)=C/C(=NCc3cccc(F)c3F)c3ccon3)nc1N)C2. The molecule has 216 valence electrons. The van der Waals surface area contributed by atoms with Crippen molar-refractivity contribution in [1.82, 2.24) is 15.1 Å². The lowest BCUT2D eigenvalue weighted by molar-refractivity contribution is -0.144. The third-order valence-corrected chi connectivity index (χ3v) is 7.91. The number of hydrogen-bond acceptors (Lipinski definition) is 9. The molecule has 6 N–H and O–H groups in total. The minimum absolute atomic E-state index is 0.00777. The van der Waals surface area contributed by atoms with Gasteiger partial charge in [-0.2, -0.15) is 0 Å². The number of halogens is 2. The summed E-state index contributed by atoms with van der Waals surface area (Å²) in [6.45, 7) is 3.84. The third-order valence-electron chi connectivity index (χ3n) is 7.91. The first kappa shape index (κ1) is 28.3. The number of aromatic nitrogens is 3. The van der Waals surface area contributed by atoms with Crippen LogP contribution in [0, 0.1) is 28.9 Å². The Balaban J connectivity index is 1.34. The first-order chi connectivity index (χ1) is 19.4. The summed E-state index contributed by atoms with van der Waals surface area (Å²) in [5, 5.41) is 17.8. The summed E-state index contributed by atoms with van der Waals surface area (Å²) in [5.41, 5.74) is 11.7. The van der Waals surface area contributed by atoms with Crippen LogP contribution in [-0.4, -0.2) is 37.5 Å². The number of nitrogens with two attached hydrogens (primary N) is 2. The normalized spacial score (nSPS) is 26.6.